The number of benzene rings is 4. The Balaban J connectivity index is 0.000000214. The van der Waals surface area contributed by atoms with Crippen molar-refractivity contribution in [2.24, 2.45) is 0 Å². The van der Waals surface area contributed by atoms with E-state index in [1.54, 1.807) is 27.7 Å². The highest BCUT2D eigenvalue weighted by Gasteiger charge is 2.28. The van der Waals surface area contributed by atoms with Crippen LogP contribution in [0.15, 0.2) is 72.8 Å². The third kappa shape index (κ3) is 8.87. The molecule has 0 amide bonds. The van der Waals surface area contributed by atoms with Crippen molar-refractivity contribution in [3.8, 4) is 46.0 Å². The molecule has 0 spiro atoms. The van der Waals surface area contributed by atoms with Gasteiger partial charge in [0.1, 0.15) is 0 Å². The zero-order chi connectivity index (χ0) is 40.5. The molecule has 0 saturated carbocycles. The fourth-order valence-electron chi connectivity index (χ4n) is 4.99. The maximum atomic E-state index is 12.1. The van der Waals surface area contributed by atoms with Gasteiger partial charge in [0.15, 0.2) is 46.0 Å². The van der Waals surface area contributed by atoms with E-state index in [0.717, 1.165) is 0 Å². The molecule has 6 rings (SSSR count). The fourth-order valence-corrected chi connectivity index (χ4v) is 4.99. The van der Waals surface area contributed by atoms with E-state index in [1.165, 1.54) is 72.8 Å². The van der Waals surface area contributed by atoms with E-state index >= 15 is 0 Å². The van der Waals surface area contributed by atoms with Gasteiger partial charge >= 0.3 is 23.9 Å². The number of esters is 4. The van der Waals surface area contributed by atoms with Crippen molar-refractivity contribution >= 4 is 47.0 Å². The molecule has 0 unspecified atom stereocenters. The van der Waals surface area contributed by atoms with E-state index < -0.39 is 47.0 Å². The molecule has 16 nitrogen and oxygen atoms in total. The number of carbonyl (C=O) groups excluding carboxylic acids is 8. The molecule has 0 radical (unpaired) electrons. The standard InChI is InChI=1S/2C20H16O8/c1-3-25-19(23)17(21)11-5-7-13-15(9-11)27-14-8-6-12(10-16(14)28-13)18(22)20(24)26-4-2;1-3-25-19(23)17(21)11-5-7-13-15(9-11)28-16-10-12(6-8-14(16)27-13)18(22)20(24)26-4-2/h2*5-10H,3-4H2,1-2H3. The summed E-state index contributed by atoms with van der Waals surface area (Å²) in [5, 5.41) is 0. The molecule has 2 aliphatic heterocycles. The van der Waals surface area contributed by atoms with E-state index in [2.05, 4.69) is 0 Å². The summed E-state index contributed by atoms with van der Waals surface area (Å²) < 4.78 is 41.6. The molecule has 4 aromatic rings. The molecule has 4 aromatic carbocycles. The predicted octanol–water partition coefficient (Wildman–Crippen LogP) is 6.15. The Bertz CT molecular complexity index is 2110. The monoisotopic (exact) mass is 768 g/mol. The van der Waals surface area contributed by atoms with Gasteiger partial charge in [-0.2, -0.15) is 0 Å². The second-order valence-electron chi connectivity index (χ2n) is 11.3. The summed E-state index contributed by atoms with van der Waals surface area (Å²) in [5.74, 6) is -5.02. The number of hydrogen-bond acceptors (Lipinski definition) is 16. The fraction of sp³-hybridized carbons (Fsp3) is 0.200. The van der Waals surface area contributed by atoms with Crippen LogP contribution in [0.4, 0.5) is 0 Å². The summed E-state index contributed by atoms with van der Waals surface area (Å²) in [4.78, 5) is 94.7. The maximum absolute atomic E-state index is 12.1. The van der Waals surface area contributed by atoms with Crippen molar-refractivity contribution in [1.82, 2.24) is 0 Å². The molecule has 0 saturated heterocycles. The van der Waals surface area contributed by atoms with E-state index in [9.17, 15) is 38.4 Å². The quantitative estimate of drug-likeness (QED) is 0.0591. The predicted molar refractivity (Wildman–Crippen MR) is 190 cm³/mol. The second-order valence-corrected chi connectivity index (χ2v) is 11.3. The molecule has 0 fully saturated rings. The molecule has 2 aliphatic rings. The molecule has 16 heteroatoms. The lowest BCUT2D eigenvalue weighted by molar-refractivity contribution is -0.138. The Morgan fingerprint density at radius 2 is 0.536 bits per heavy atom. The van der Waals surface area contributed by atoms with Crippen LogP contribution in [0.1, 0.15) is 69.1 Å². The molecule has 0 N–H and O–H groups in total. The van der Waals surface area contributed by atoms with Gasteiger partial charge in [0, 0.05) is 22.3 Å². The van der Waals surface area contributed by atoms with Crippen LogP contribution in [-0.4, -0.2) is 73.4 Å². The summed E-state index contributed by atoms with van der Waals surface area (Å²) >= 11 is 0. The maximum Gasteiger partial charge on any atom is 0.379 e. The first kappa shape index (κ1) is 39.8. The van der Waals surface area contributed by atoms with Crippen LogP contribution in [-0.2, 0) is 38.1 Å². The average molecular weight is 769 g/mol. The van der Waals surface area contributed by atoms with Crippen LogP contribution in [0.25, 0.3) is 0 Å². The number of ketones is 4. The average Bonchev–Trinajstić information content (AvgIpc) is 3.20. The largest absolute Gasteiger partial charge is 0.460 e. The van der Waals surface area contributed by atoms with Gasteiger partial charge < -0.3 is 37.9 Å². The van der Waals surface area contributed by atoms with Gasteiger partial charge in [-0.1, -0.05) is 0 Å². The molecule has 0 atom stereocenters. The molecule has 0 aromatic heterocycles. The van der Waals surface area contributed by atoms with E-state index in [-0.39, 0.29) is 83.2 Å². The molecule has 56 heavy (non-hydrogen) atoms. The number of fused-ring (bicyclic) bond motifs is 4. The van der Waals surface area contributed by atoms with Crippen LogP contribution in [0, 0.1) is 0 Å². The van der Waals surface area contributed by atoms with Crippen molar-refractivity contribution in [3.63, 3.8) is 0 Å². The van der Waals surface area contributed by atoms with Gasteiger partial charge in [0.2, 0.25) is 0 Å². The first-order chi connectivity index (χ1) is 26.9. The van der Waals surface area contributed by atoms with E-state index in [4.69, 9.17) is 37.9 Å². The summed E-state index contributed by atoms with van der Waals surface area (Å²) in [6.07, 6.45) is 0. The topological polar surface area (TPSA) is 210 Å². The van der Waals surface area contributed by atoms with Gasteiger partial charge in [-0.3, -0.25) is 19.2 Å². The zero-order valence-corrected chi connectivity index (χ0v) is 30.3. The van der Waals surface area contributed by atoms with Crippen LogP contribution >= 0.6 is 0 Å². The van der Waals surface area contributed by atoms with Gasteiger partial charge in [0.25, 0.3) is 23.1 Å². The normalized spacial score (nSPS) is 11.2. The zero-order valence-electron chi connectivity index (χ0n) is 30.3. The highest BCUT2D eigenvalue weighted by Crippen LogP contribution is 2.47. The highest BCUT2D eigenvalue weighted by atomic mass is 16.6. The molecular formula is C40H32O16. The van der Waals surface area contributed by atoms with Gasteiger partial charge in [-0.05, 0) is 100 Å². The third-order valence-corrected chi connectivity index (χ3v) is 7.55. The molecule has 0 bridgehead atoms. The Morgan fingerprint density at radius 3 is 0.750 bits per heavy atom. The first-order valence-corrected chi connectivity index (χ1v) is 17.0. The molecule has 288 valence electrons. The van der Waals surface area contributed by atoms with Crippen LogP contribution in [0.5, 0.6) is 46.0 Å². The van der Waals surface area contributed by atoms with Crippen molar-refractivity contribution in [3.05, 3.63) is 95.1 Å². The van der Waals surface area contributed by atoms with E-state index in [1.807, 2.05) is 0 Å². The number of rotatable bonds is 12. The smallest absolute Gasteiger partial charge is 0.379 e. The SMILES string of the molecule is CCOC(=O)C(=O)c1ccc2c(c1)Oc1cc(C(=O)C(=O)OCC)ccc1O2.CCOC(=O)C(=O)c1ccc2c(c1)Oc1ccc(C(=O)C(=O)OCC)cc1O2. The Hall–Kier alpha value is -7.36. The Kier molecular flexibility index (Phi) is 12.6. The number of ether oxygens (including phenoxy) is 8. The Morgan fingerprint density at radius 1 is 0.339 bits per heavy atom. The minimum Gasteiger partial charge on any atom is -0.460 e. The van der Waals surface area contributed by atoms with Gasteiger partial charge in [0.05, 0.1) is 26.4 Å². The van der Waals surface area contributed by atoms with E-state index in [0.29, 0.717) is 11.5 Å². The lowest BCUT2D eigenvalue weighted by Crippen LogP contribution is -2.18. The summed E-state index contributed by atoms with van der Waals surface area (Å²) in [6, 6.07) is 17.0. The number of Topliss-reactive ketones (excluding diaryl/α,β-unsaturated/α-hetero) is 4. The highest BCUT2D eigenvalue weighted by molar-refractivity contribution is 6.42. The van der Waals surface area contributed by atoms with Crippen molar-refractivity contribution in [1.29, 1.82) is 0 Å². The minimum absolute atomic E-state index is 0.0722. The molecule has 0 aliphatic carbocycles. The third-order valence-electron chi connectivity index (χ3n) is 7.55. The number of hydrogen-bond donors (Lipinski definition) is 0. The second kappa shape index (κ2) is 17.6. The Labute approximate surface area is 318 Å². The van der Waals surface area contributed by atoms with Crippen LogP contribution in [0.3, 0.4) is 0 Å². The summed E-state index contributed by atoms with van der Waals surface area (Å²) in [6.45, 7) is 6.76. The number of carbonyl (C=O) groups is 8. The van der Waals surface area contributed by atoms with Crippen molar-refractivity contribution < 1.29 is 76.3 Å². The summed E-state index contributed by atoms with van der Waals surface area (Å²) in [7, 11) is 0. The van der Waals surface area contributed by atoms with Crippen LogP contribution < -0.4 is 18.9 Å². The van der Waals surface area contributed by atoms with Crippen molar-refractivity contribution in [2.75, 3.05) is 26.4 Å². The lowest BCUT2D eigenvalue weighted by Gasteiger charge is -2.21. The molecular weight excluding hydrogens is 736 g/mol. The minimum atomic E-state index is -0.970. The van der Waals surface area contributed by atoms with Crippen molar-refractivity contribution in [2.45, 2.75) is 27.7 Å². The van der Waals surface area contributed by atoms with Gasteiger partial charge in [-0.15, -0.1) is 0 Å². The summed E-state index contributed by atoms with van der Waals surface area (Å²) in [5.41, 5.74) is 0.336. The first-order valence-electron chi connectivity index (χ1n) is 17.0. The van der Waals surface area contributed by atoms with Gasteiger partial charge in [-0.25, -0.2) is 19.2 Å². The molecule has 2 heterocycles. The van der Waals surface area contributed by atoms with Crippen LogP contribution in [0.2, 0.25) is 0 Å². The lowest BCUT2D eigenvalue weighted by atomic mass is 10.1.